The van der Waals surface area contributed by atoms with Crippen LogP contribution in [-0.4, -0.2) is 22.2 Å². The van der Waals surface area contributed by atoms with Crippen LogP contribution in [0.25, 0.3) is 0 Å². The monoisotopic (exact) mass is 207 g/mol. The van der Waals surface area contributed by atoms with Crippen LogP contribution in [-0.2, 0) is 11.2 Å². The number of aromatic hydroxyl groups is 1. The molecule has 2 rings (SSSR count). The van der Waals surface area contributed by atoms with E-state index >= 15 is 0 Å². The molecule has 0 saturated carbocycles. The number of benzene rings is 1. The highest BCUT2D eigenvalue weighted by atomic mass is 16.4. The van der Waals surface area contributed by atoms with Gasteiger partial charge in [0.1, 0.15) is 5.75 Å². The van der Waals surface area contributed by atoms with Crippen molar-refractivity contribution >= 4 is 5.97 Å². The van der Waals surface area contributed by atoms with Crippen molar-refractivity contribution < 1.29 is 15.0 Å². The molecule has 1 aliphatic rings. The molecule has 0 saturated heterocycles. The zero-order valence-corrected chi connectivity index (χ0v) is 8.18. The fourth-order valence-corrected chi connectivity index (χ4v) is 2.12. The van der Waals surface area contributed by atoms with Crippen molar-refractivity contribution in [3.8, 4) is 5.75 Å². The summed E-state index contributed by atoms with van der Waals surface area (Å²) in [6, 6.07) is 4.73. The minimum atomic E-state index is -0.878. The lowest BCUT2D eigenvalue weighted by atomic mass is 9.80. The third-order valence-corrected chi connectivity index (χ3v) is 2.82. The van der Waals surface area contributed by atoms with E-state index in [1.807, 2.05) is 0 Å². The minimum absolute atomic E-state index is 0.107. The molecule has 0 aromatic heterocycles. The van der Waals surface area contributed by atoms with E-state index in [1.165, 1.54) is 6.07 Å². The third kappa shape index (κ3) is 1.80. The summed E-state index contributed by atoms with van der Waals surface area (Å²) < 4.78 is 0. The molecule has 1 aromatic rings. The fourth-order valence-electron chi connectivity index (χ4n) is 2.12. The van der Waals surface area contributed by atoms with E-state index in [9.17, 15) is 9.90 Å². The summed E-state index contributed by atoms with van der Waals surface area (Å²) in [5.74, 6) is -1.36. The van der Waals surface area contributed by atoms with Gasteiger partial charge in [-0.25, -0.2) is 0 Å². The summed E-state index contributed by atoms with van der Waals surface area (Å²) in [4.78, 5) is 11.0. The second kappa shape index (κ2) is 3.55. The fraction of sp³-hybridized carbons (Fsp3) is 0.364. The van der Waals surface area contributed by atoms with Gasteiger partial charge in [-0.1, -0.05) is 6.07 Å². The number of phenols is 1. The van der Waals surface area contributed by atoms with E-state index in [1.54, 1.807) is 12.1 Å². The van der Waals surface area contributed by atoms with Gasteiger partial charge >= 0.3 is 5.97 Å². The molecular weight excluding hydrogens is 194 g/mol. The number of hydrogen-bond donors (Lipinski definition) is 3. The topological polar surface area (TPSA) is 83.5 Å². The summed E-state index contributed by atoms with van der Waals surface area (Å²) in [5.41, 5.74) is 7.42. The van der Waals surface area contributed by atoms with Crippen molar-refractivity contribution in [1.82, 2.24) is 0 Å². The number of carboxylic acid groups (broad SMARTS) is 1. The minimum Gasteiger partial charge on any atom is -0.508 e. The van der Waals surface area contributed by atoms with Crippen LogP contribution >= 0.6 is 0 Å². The van der Waals surface area contributed by atoms with Gasteiger partial charge in [0.2, 0.25) is 0 Å². The van der Waals surface area contributed by atoms with Gasteiger partial charge in [-0.05, 0) is 36.1 Å². The maximum absolute atomic E-state index is 11.0. The predicted molar refractivity (Wildman–Crippen MR) is 54.8 cm³/mol. The van der Waals surface area contributed by atoms with Gasteiger partial charge < -0.3 is 15.9 Å². The molecule has 0 unspecified atom stereocenters. The molecule has 0 bridgehead atoms. The van der Waals surface area contributed by atoms with Crippen molar-refractivity contribution in [2.45, 2.75) is 24.8 Å². The molecular formula is C11H13NO3. The van der Waals surface area contributed by atoms with Crippen LogP contribution in [0.15, 0.2) is 18.2 Å². The van der Waals surface area contributed by atoms with Crippen molar-refractivity contribution in [2.75, 3.05) is 0 Å². The van der Waals surface area contributed by atoms with Gasteiger partial charge in [0, 0.05) is 6.04 Å². The molecule has 0 amide bonds. The van der Waals surface area contributed by atoms with Crippen molar-refractivity contribution in [1.29, 1.82) is 0 Å². The van der Waals surface area contributed by atoms with Gasteiger partial charge in [0.25, 0.3) is 0 Å². The van der Waals surface area contributed by atoms with Crippen molar-refractivity contribution in [3.63, 3.8) is 0 Å². The summed E-state index contributed by atoms with van der Waals surface area (Å²) in [6.07, 6.45) is 1.12. The molecule has 1 aliphatic carbocycles. The normalized spacial score (nSPS) is 24.6. The van der Waals surface area contributed by atoms with E-state index in [0.717, 1.165) is 5.56 Å². The first-order valence-electron chi connectivity index (χ1n) is 4.88. The lowest BCUT2D eigenvalue weighted by Gasteiger charge is -2.26. The number of carbonyl (C=O) groups is 1. The Morgan fingerprint density at radius 2 is 2.20 bits per heavy atom. The maximum atomic E-state index is 11.0. The van der Waals surface area contributed by atoms with Gasteiger partial charge in [-0.3, -0.25) is 4.79 Å². The second-order valence-electron chi connectivity index (χ2n) is 3.97. The van der Waals surface area contributed by atoms with Crippen LogP contribution in [0, 0.1) is 0 Å². The zero-order valence-electron chi connectivity index (χ0n) is 8.18. The Morgan fingerprint density at radius 1 is 1.47 bits per heavy atom. The Balaban J connectivity index is 2.47. The molecule has 1 aromatic carbocycles. The number of carboxylic acids is 1. The summed E-state index contributed by atoms with van der Waals surface area (Å²) >= 11 is 0. The van der Waals surface area contributed by atoms with E-state index in [4.69, 9.17) is 10.8 Å². The number of aliphatic carboxylic acids is 1. The Bertz CT molecular complexity index is 403. The Kier molecular flexibility index (Phi) is 2.36. The first-order chi connectivity index (χ1) is 7.08. The quantitative estimate of drug-likeness (QED) is 0.637. The highest BCUT2D eigenvalue weighted by molar-refractivity contribution is 5.77. The highest BCUT2D eigenvalue weighted by Gasteiger charge is 2.30. The van der Waals surface area contributed by atoms with E-state index < -0.39 is 11.9 Å². The number of phenolic OH excluding ortho intramolecular Hbond substituents is 1. The SMILES string of the molecule is N[C@H]1Cc2ccc(O)cc2[C@H](C(=O)O)C1. The molecule has 2 atom stereocenters. The van der Waals surface area contributed by atoms with Crippen molar-refractivity contribution in [3.05, 3.63) is 29.3 Å². The van der Waals surface area contributed by atoms with Crippen LogP contribution < -0.4 is 5.73 Å². The molecule has 0 aliphatic heterocycles. The Hall–Kier alpha value is -1.55. The molecule has 0 radical (unpaired) electrons. The first kappa shape index (κ1) is 9.98. The van der Waals surface area contributed by atoms with Crippen LogP contribution in [0.2, 0.25) is 0 Å². The second-order valence-corrected chi connectivity index (χ2v) is 3.97. The van der Waals surface area contributed by atoms with Crippen LogP contribution in [0.4, 0.5) is 0 Å². The van der Waals surface area contributed by atoms with E-state index in [0.29, 0.717) is 18.4 Å². The number of hydrogen-bond acceptors (Lipinski definition) is 3. The van der Waals surface area contributed by atoms with E-state index in [-0.39, 0.29) is 11.8 Å². The van der Waals surface area contributed by atoms with Gasteiger partial charge in [-0.2, -0.15) is 0 Å². The molecule has 80 valence electrons. The number of nitrogens with two attached hydrogens (primary N) is 1. The standard InChI is InChI=1S/C11H13NO3/c12-7-3-6-1-2-8(13)5-9(6)10(4-7)11(14)15/h1-2,5,7,10,13H,3-4,12H2,(H,14,15)/t7-,10+/m0/s1. The molecule has 15 heavy (non-hydrogen) atoms. The lowest BCUT2D eigenvalue weighted by molar-refractivity contribution is -0.139. The number of rotatable bonds is 1. The Morgan fingerprint density at radius 3 is 2.87 bits per heavy atom. The molecule has 4 heteroatoms. The smallest absolute Gasteiger partial charge is 0.311 e. The zero-order chi connectivity index (χ0) is 11.0. The first-order valence-corrected chi connectivity index (χ1v) is 4.88. The maximum Gasteiger partial charge on any atom is 0.311 e. The lowest BCUT2D eigenvalue weighted by Crippen LogP contribution is -2.33. The summed E-state index contributed by atoms with van der Waals surface area (Å²) in [5, 5.41) is 18.4. The number of fused-ring (bicyclic) bond motifs is 1. The van der Waals surface area contributed by atoms with Gasteiger partial charge in [0.15, 0.2) is 0 Å². The molecule has 0 fully saturated rings. The Labute approximate surface area is 87.3 Å². The predicted octanol–water partition coefficient (Wildman–Crippen LogP) is 0.834. The van der Waals surface area contributed by atoms with E-state index in [2.05, 4.69) is 0 Å². The van der Waals surface area contributed by atoms with Crippen LogP contribution in [0.3, 0.4) is 0 Å². The van der Waals surface area contributed by atoms with Crippen molar-refractivity contribution in [2.24, 2.45) is 5.73 Å². The van der Waals surface area contributed by atoms with Gasteiger partial charge in [0.05, 0.1) is 5.92 Å². The molecule has 4 N–H and O–H groups in total. The molecule has 0 spiro atoms. The summed E-state index contributed by atoms with van der Waals surface area (Å²) in [7, 11) is 0. The van der Waals surface area contributed by atoms with Gasteiger partial charge in [-0.15, -0.1) is 0 Å². The molecule has 4 nitrogen and oxygen atoms in total. The summed E-state index contributed by atoms with van der Waals surface area (Å²) in [6.45, 7) is 0. The molecule has 0 heterocycles. The average molecular weight is 207 g/mol. The van der Waals surface area contributed by atoms with Crippen LogP contribution in [0.1, 0.15) is 23.5 Å². The third-order valence-electron chi connectivity index (χ3n) is 2.82. The average Bonchev–Trinajstić information content (AvgIpc) is 2.17. The largest absolute Gasteiger partial charge is 0.508 e. The highest BCUT2D eigenvalue weighted by Crippen LogP contribution is 2.33. The van der Waals surface area contributed by atoms with Crippen LogP contribution in [0.5, 0.6) is 5.75 Å².